The van der Waals surface area contributed by atoms with E-state index >= 15 is 0 Å². The highest BCUT2D eigenvalue weighted by atomic mass is 32.2. The van der Waals surface area contributed by atoms with Crippen molar-refractivity contribution >= 4 is 34.4 Å². The fourth-order valence-electron chi connectivity index (χ4n) is 5.01. The zero-order valence-corrected chi connectivity index (χ0v) is 21.5. The number of carboxylic acids is 1. The molecule has 0 saturated carbocycles. The molecular formula is C28H30F2N2O4S. The molecule has 3 aromatic rings. The molecule has 1 aromatic heterocycles. The largest absolute Gasteiger partial charge is 0.497 e. The molecule has 9 heteroatoms. The molecule has 2 atom stereocenters. The average molecular weight is 529 g/mol. The topological polar surface area (TPSA) is 79.7 Å². The van der Waals surface area contributed by atoms with Crippen LogP contribution in [0.5, 0.6) is 5.75 Å². The van der Waals surface area contributed by atoms with Gasteiger partial charge in [0, 0.05) is 53.7 Å². The number of hydrogen-bond donors (Lipinski definition) is 1. The fraction of sp³-hybridized carbons (Fsp3) is 0.393. The summed E-state index contributed by atoms with van der Waals surface area (Å²) in [6.07, 6.45) is 3.39. The SMILES string of the molecule is COc1ccc2nccc(C(=O)CCC3CCN(CCSc4cc(F)ccc4F)CC3CC(=O)O)c2c1. The molecule has 1 aliphatic rings. The second-order valence-electron chi connectivity index (χ2n) is 9.33. The zero-order valence-electron chi connectivity index (χ0n) is 20.7. The number of benzene rings is 2. The number of ketones is 1. The third-order valence-electron chi connectivity index (χ3n) is 6.96. The van der Waals surface area contributed by atoms with Gasteiger partial charge in [0.05, 0.1) is 12.6 Å². The van der Waals surface area contributed by atoms with Crippen molar-refractivity contribution < 1.29 is 28.2 Å². The maximum absolute atomic E-state index is 13.9. The predicted molar refractivity (Wildman–Crippen MR) is 139 cm³/mol. The van der Waals surface area contributed by atoms with Gasteiger partial charge in [0.1, 0.15) is 17.4 Å². The number of carbonyl (C=O) groups is 2. The lowest BCUT2D eigenvalue weighted by atomic mass is 9.79. The molecular weight excluding hydrogens is 498 g/mol. The molecule has 0 radical (unpaired) electrons. The van der Waals surface area contributed by atoms with Crippen LogP contribution in [0.15, 0.2) is 53.6 Å². The highest BCUT2D eigenvalue weighted by Gasteiger charge is 2.31. The second kappa shape index (κ2) is 12.5. The first-order valence-corrected chi connectivity index (χ1v) is 13.3. The Hall–Kier alpha value is -3.04. The summed E-state index contributed by atoms with van der Waals surface area (Å²) >= 11 is 1.25. The van der Waals surface area contributed by atoms with E-state index < -0.39 is 17.6 Å². The molecule has 1 saturated heterocycles. The van der Waals surface area contributed by atoms with Crippen LogP contribution in [0.4, 0.5) is 8.78 Å². The Morgan fingerprint density at radius 3 is 2.78 bits per heavy atom. The van der Waals surface area contributed by atoms with E-state index in [1.807, 2.05) is 12.1 Å². The smallest absolute Gasteiger partial charge is 0.303 e. The number of Topliss-reactive ketones (excluding diaryl/α,β-unsaturated/α-hetero) is 1. The first kappa shape index (κ1) is 27.0. The van der Waals surface area contributed by atoms with E-state index in [2.05, 4.69) is 9.88 Å². The van der Waals surface area contributed by atoms with Gasteiger partial charge in [-0.05, 0) is 73.7 Å². The van der Waals surface area contributed by atoms with Crippen molar-refractivity contribution in [3.8, 4) is 5.75 Å². The van der Waals surface area contributed by atoms with Crippen molar-refractivity contribution in [2.45, 2.75) is 30.6 Å². The quantitative estimate of drug-likeness (QED) is 0.253. The number of thioether (sulfide) groups is 1. The van der Waals surface area contributed by atoms with Crippen molar-refractivity contribution in [1.29, 1.82) is 0 Å². The minimum absolute atomic E-state index is 0.00526. The number of carbonyl (C=O) groups excluding carboxylic acids is 1. The summed E-state index contributed by atoms with van der Waals surface area (Å²) < 4.78 is 32.6. The molecule has 2 aromatic carbocycles. The number of piperidine rings is 1. The minimum Gasteiger partial charge on any atom is -0.497 e. The van der Waals surface area contributed by atoms with Gasteiger partial charge in [0.25, 0.3) is 0 Å². The molecule has 0 spiro atoms. The van der Waals surface area contributed by atoms with E-state index in [9.17, 15) is 23.5 Å². The Balaban J connectivity index is 1.35. The Labute approximate surface area is 219 Å². The number of halogens is 2. The number of fused-ring (bicyclic) bond motifs is 1. The van der Waals surface area contributed by atoms with E-state index in [1.54, 1.807) is 25.4 Å². The first-order chi connectivity index (χ1) is 17.8. The first-order valence-electron chi connectivity index (χ1n) is 12.3. The number of pyridine rings is 1. The van der Waals surface area contributed by atoms with Gasteiger partial charge in [0.15, 0.2) is 5.78 Å². The third-order valence-corrected chi connectivity index (χ3v) is 7.97. The molecule has 4 rings (SSSR count). The molecule has 1 fully saturated rings. The molecule has 0 bridgehead atoms. The van der Waals surface area contributed by atoms with Crippen LogP contribution in [0.3, 0.4) is 0 Å². The van der Waals surface area contributed by atoms with E-state index in [4.69, 9.17) is 4.74 Å². The minimum atomic E-state index is -0.855. The molecule has 37 heavy (non-hydrogen) atoms. The van der Waals surface area contributed by atoms with Gasteiger partial charge in [-0.2, -0.15) is 0 Å². The Morgan fingerprint density at radius 2 is 2.00 bits per heavy atom. The van der Waals surface area contributed by atoms with E-state index in [0.29, 0.717) is 43.0 Å². The van der Waals surface area contributed by atoms with E-state index in [1.165, 1.54) is 17.8 Å². The van der Waals surface area contributed by atoms with Gasteiger partial charge in [-0.25, -0.2) is 8.78 Å². The van der Waals surface area contributed by atoms with Crippen molar-refractivity contribution in [1.82, 2.24) is 9.88 Å². The number of methoxy groups -OCH3 is 1. The molecule has 196 valence electrons. The number of likely N-dealkylation sites (tertiary alicyclic amines) is 1. The molecule has 2 unspecified atom stereocenters. The number of aromatic nitrogens is 1. The van der Waals surface area contributed by atoms with Gasteiger partial charge in [0.2, 0.25) is 0 Å². The van der Waals surface area contributed by atoms with Crippen LogP contribution in [0.1, 0.15) is 36.0 Å². The molecule has 2 heterocycles. The number of aliphatic carboxylic acids is 1. The molecule has 6 nitrogen and oxygen atoms in total. The number of hydrogen-bond acceptors (Lipinski definition) is 6. The van der Waals surface area contributed by atoms with Crippen LogP contribution >= 0.6 is 11.8 Å². The highest BCUT2D eigenvalue weighted by molar-refractivity contribution is 7.99. The summed E-state index contributed by atoms with van der Waals surface area (Å²) in [4.78, 5) is 31.5. The monoisotopic (exact) mass is 528 g/mol. The van der Waals surface area contributed by atoms with Crippen LogP contribution in [0.2, 0.25) is 0 Å². The zero-order chi connectivity index (χ0) is 26.4. The van der Waals surface area contributed by atoms with Crippen LogP contribution < -0.4 is 4.74 Å². The van der Waals surface area contributed by atoms with Crippen LogP contribution in [-0.2, 0) is 4.79 Å². The Kier molecular flexibility index (Phi) is 9.10. The maximum atomic E-state index is 13.9. The normalized spacial score (nSPS) is 18.1. The summed E-state index contributed by atoms with van der Waals surface area (Å²) in [6.45, 7) is 2.02. The Bertz CT molecular complexity index is 1270. The number of nitrogens with zero attached hydrogens (tertiary/aromatic N) is 2. The Morgan fingerprint density at radius 1 is 1.16 bits per heavy atom. The second-order valence-corrected chi connectivity index (χ2v) is 10.5. The van der Waals surface area contributed by atoms with E-state index in [0.717, 1.165) is 36.0 Å². The summed E-state index contributed by atoms with van der Waals surface area (Å²) in [7, 11) is 1.58. The number of ether oxygens (including phenoxy) is 1. The number of carboxylic acid groups (broad SMARTS) is 1. The average Bonchev–Trinajstić information content (AvgIpc) is 2.89. The van der Waals surface area contributed by atoms with Gasteiger partial charge in [-0.3, -0.25) is 14.6 Å². The number of rotatable bonds is 11. The predicted octanol–water partition coefficient (Wildman–Crippen LogP) is 5.69. The summed E-state index contributed by atoms with van der Waals surface area (Å²) in [6, 6.07) is 10.6. The lowest BCUT2D eigenvalue weighted by molar-refractivity contribution is -0.139. The molecule has 1 aliphatic heterocycles. The van der Waals surface area contributed by atoms with Crippen LogP contribution in [0, 0.1) is 23.5 Å². The standard InChI is InChI=1S/C28H30F2N2O4S/c1-36-21-4-6-25-23(16-21)22(8-10-31-25)26(33)7-2-18-9-11-32(17-19(18)14-28(34)35)12-13-37-27-15-20(29)3-5-24(27)30/h3-6,8,10,15-16,18-19H,2,7,9,11-14,17H2,1H3,(H,34,35). The fourth-order valence-corrected chi connectivity index (χ4v) is 5.99. The lowest BCUT2D eigenvalue weighted by Crippen LogP contribution is -2.42. The van der Waals surface area contributed by atoms with Crippen LogP contribution in [0.25, 0.3) is 10.9 Å². The third kappa shape index (κ3) is 7.05. The van der Waals surface area contributed by atoms with E-state index in [-0.39, 0.29) is 28.9 Å². The van der Waals surface area contributed by atoms with Crippen molar-refractivity contribution in [3.63, 3.8) is 0 Å². The summed E-state index contributed by atoms with van der Waals surface area (Å²) in [5.41, 5.74) is 1.32. The summed E-state index contributed by atoms with van der Waals surface area (Å²) in [5.74, 6) is -0.504. The van der Waals surface area contributed by atoms with Gasteiger partial charge in [-0.1, -0.05) is 0 Å². The molecule has 0 aliphatic carbocycles. The lowest BCUT2D eigenvalue weighted by Gasteiger charge is -2.38. The van der Waals surface area contributed by atoms with Crippen molar-refractivity contribution in [3.05, 3.63) is 65.9 Å². The van der Waals surface area contributed by atoms with Crippen molar-refractivity contribution in [2.75, 3.05) is 32.5 Å². The van der Waals surface area contributed by atoms with Gasteiger partial charge in [-0.15, -0.1) is 11.8 Å². The van der Waals surface area contributed by atoms with Crippen LogP contribution in [-0.4, -0.2) is 59.2 Å². The maximum Gasteiger partial charge on any atom is 0.303 e. The highest BCUT2D eigenvalue weighted by Crippen LogP contribution is 2.32. The summed E-state index contributed by atoms with van der Waals surface area (Å²) in [5, 5.41) is 10.2. The van der Waals surface area contributed by atoms with Crippen molar-refractivity contribution in [2.24, 2.45) is 11.8 Å². The van der Waals surface area contributed by atoms with Gasteiger partial charge >= 0.3 is 5.97 Å². The molecule has 0 amide bonds. The van der Waals surface area contributed by atoms with Gasteiger partial charge < -0.3 is 14.7 Å². The molecule has 1 N–H and O–H groups in total.